The Kier molecular flexibility index (Phi) is 8.23. The molecule has 2 rings (SSSR count). The maximum atomic E-state index is 12.0. The van der Waals surface area contributed by atoms with Gasteiger partial charge < -0.3 is 10.6 Å². The van der Waals surface area contributed by atoms with Crippen molar-refractivity contribution in [3.05, 3.63) is 29.8 Å². The van der Waals surface area contributed by atoms with Gasteiger partial charge in [-0.25, -0.2) is 0 Å². The number of rotatable bonds is 9. The highest BCUT2D eigenvalue weighted by Crippen LogP contribution is 2.28. The normalized spacial score (nSPS) is 10.5. The van der Waals surface area contributed by atoms with Crippen molar-refractivity contribution in [3.8, 4) is 0 Å². The summed E-state index contributed by atoms with van der Waals surface area (Å²) in [5, 5.41) is 13.7. The molecule has 134 valence electrons. The second kappa shape index (κ2) is 10.4. The molecule has 0 fully saturated rings. The Hall–Kier alpha value is -1.58. The summed E-state index contributed by atoms with van der Waals surface area (Å²) in [6.45, 7) is 4.70. The Bertz CT molecular complexity index is 704. The fraction of sp³-hybridized carbons (Fsp3) is 0.375. The zero-order chi connectivity index (χ0) is 18.1. The molecule has 0 saturated carbocycles. The summed E-state index contributed by atoms with van der Waals surface area (Å²) < 4.78 is 1.45. The first kappa shape index (κ1) is 19.7. The number of aryl methyl sites for hydroxylation is 1. The van der Waals surface area contributed by atoms with Crippen LogP contribution in [0, 0.1) is 6.92 Å². The molecule has 0 spiro atoms. The van der Waals surface area contributed by atoms with Crippen LogP contribution in [0.3, 0.4) is 0 Å². The predicted molar refractivity (Wildman–Crippen MR) is 104 cm³/mol. The van der Waals surface area contributed by atoms with Gasteiger partial charge in [0.05, 0.1) is 11.5 Å². The lowest BCUT2D eigenvalue weighted by Crippen LogP contribution is -2.25. The van der Waals surface area contributed by atoms with Gasteiger partial charge in [0.2, 0.25) is 11.8 Å². The van der Waals surface area contributed by atoms with E-state index in [1.54, 1.807) is 0 Å². The van der Waals surface area contributed by atoms with Crippen LogP contribution in [0.4, 0.5) is 5.69 Å². The number of benzene rings is 1. The molecule has 0 atom stereocenters. The fourth-order valence-electron chi connectivity index (χ4n) is 1.72. The second-order valence-electron chi connectivity index (χ2n) is 5.18. The highest BCUT2D eigenvalue weighted by Gasteiger charge is 2.10. The molecule has 1 aromatic heterocycles. The van der Waals surface area contributed by atoms with Gasteiger partial charge in [0.15, 0.2) is 8.68 Å². The molecule has 0 saturated heterocycles. The fourth-order valence-corrected chi connectivity index (χ4v) is 4.37. The van der Waals surface area contributed by atoms with Crippen molar-refractivity contribution in [1.29, 1.82) is 0 Å². The van der Waals surface area contributed by atoms with Gasteiger partial charge in [-0.3, -0.25) is 9.59 Å². The first-order valence-corrected chi connectivity index (χ1v) is 10.6. The van der Waals surface area contributed by atoms with E-state index in [4.69, 9.17) is 0 Å². The SMILES string of the molecule is CCCNC(=O)CSc1nnc(SCC(=O)Nc2ccc(C)cc2)s1. The van der Waals surface area contributed by atoms with Crippen molar-refractivity contribution in [2.24, 2.45) is 0 Å². The van der Waals surface area contributed by atoms with E-state index in [2.05, 4.69) is 20.8 Å². The van der Waals surface area contributed by atoms with Gasteiger partial charge in [-0.15, -0.1) is 10.2 Å². The zero-order valence-electron chi connectivity index (χ0n) is 14.1. The van der Waals surface area contributed by atoms with E-state index in [-0.39, 0.29) is 17.6 Å². The van der Waals surface area contributed by atoms with Gasteiger partial charge in [0, 0.05) is 12.2 Å². The van der Waals surface area contributed by atoms with Crippen molar-refractivity contribution in [2.45, 2.75) is 28.9 Å². The van der Waals surface area contributed by atoms with Crippen LogP contribution >= 0.6 is 34.9 Å². The molecule has 0 aliphatic carbocycles. The lowest BCUT2D eigenvalue weighted by molar-refractivity contribution is -0.118. The Labute approximate surface area is 159 Å². The topological polar surface area (TPSA) is 84.0 Å². The van der Waals surface area contributed by atoms with Gasteiger partial charge in [0.1, 0.15) is 0 Å². The van der Waals surface area contributed by atoms with Gasteiger partial charge >= 0.3 is 0 Å². The van der Waals surface area contributed by atoms with Gasteiger partial charge in [0.25, 0.3) is 0 Å². The van der Waals surface area contributed by atoms with E-state index < -0.39 is 0 Å². The number of amides is 2. The van der Waals surface area contributed by atoms with Crippen molar-refractivity contribution in [1.82, 2.24) is 15.5 Å². The van der Waals surface area contributed by atoms with Crippen molar-refractivity contribution < 1.29 is 9.59 Å². The smallest absolute Gasteiger partial charge is 0.234 e. The van der Waals surface area contributed by atoms with Crippen LogP contribution < -0.4 is 10.6 Å². The summed E-state index contributed by atoms with van der Waals surface area (Å²) in [7, 11) is 0. The highest BCUT2D eigenvalue weighted by molar-refractivity contribution is 8.03. The molecule has 0 unspecified atom stereocenters. The van der Waals surface area contributed by atoms with E-state index in [0.29, 0.717) is 12.3 Å². The molecular weight excluding hydrogens is 376 g/mol. The summed E-state index contributed by atoms with van der Waals surface area (Å²) in [5.41, 5.74) is 1.93. The molecule has 9 heteroatoms. The molecule has 25 heavy (non-hydrogen) atoms. The lowest BCUT2D eigenvalue weighted by Gasteiger charge is -2.04. The first-order valence-electron chi connectivity index (χ1n) is 7.79. The molecular formula is C16H20N4O2S3. The number of carbonyl (C=O) groups excluding carboxylic acids is 2. The number of hydrogen-bond acceptors (Lipinski definition) is 7. The number of nitrogens with one attached hydrogen (secondary N) is 2. The molecule has 2 aromatic rings. The van der Waals surface area contributed by atoms with E-state index in [1.165, 1.54) is 34.9 Å². The highest BCUT2D eigenvalue weighted by atomic mass is 32.2. The molecule has 2 amide bonds. The summed E-state index contributed by atoms with van der Waals surface area (Å²) >= 11 is 4.09. The molecule has 1 heterocycles. The maximum Gasteiger partial charge on any atom is 0.234 e. The molecule has 2 N–H and O–H groups in total. The van der Waals surface area contributed by atoms with E-state index in [1.807, 2.05) is 38.1 Å². The number of anilines is 1. The number of thioether (sulfide) groups is 2. The van der Waals surface area contributed by atoms with E-state index >= 15 is 0 Å². The number of carbonyl (C=O) groups is 2. The Morgan fingerprint density at radius 2 is 1.64 bits per heavy atom. The van der Waals surface area contributed by atoms with Crippen LogP contribution in [-0.2, 0) is 9.59 Å². The quantitative estimate of drug-likeness (QED) is 0.633. The van der Waals surface area contributed by atoms with Crippen LogP contribution in [0.5, 0.6) is 0 Å². The molecule has 6 nitrogen and oxygen atoms in total. The van der Waals surface area contributed by atoms with Crippen molar-refractivity contribution in [2.75, 3.05) is 23.4 Å². The Morgan fingerprint density at radius 3 is 2.24 bits per heavy atom. The summed E-state index contributed by atoms with van der Waals surface area (Å²) in [4.78, 5) is 23.5. The Morgan fingerprint density at radius 1 is 1.04 bits per heavy atom. The van der Waals surface area contributed by atoms with Crippen molar-refractivity contribution >= 4 is 52.4 Å². The summed E-state index contributed by atoms with van der Waals surface area (Å²) in [5.74, 6) is 0.503. The monoisotopic (exact) mass is 396 g/mol. The zero-order valence-corrected chi connectivity index (χ0v) is 16.5. The third kappa shape index (κ3) is 7.45. The minimum atomic E-state index is -0.0859. The third-order valence-electron chi connectivity index (χ3n) is 2.95. The largest absolute Gasteiger partial charge is 0.355 e. The van der Waals surface area contributed by atoms with Gasteiger partial charge in [-0.1, -0.05) is 59.5 Å². The number of nitrogens with zero attached hydrogens (tertiary/aromatic N) is 2. The average Bonchev–Trinajstić information content (AvgIpc) is 3.06. The molecule has 0 aliphatic rings. The summed E-state index contributed by atoms with van der Waals surface area (Å²) in [6.07, 6.45) is 0.917. The van der Waals surface area contributed by atoms with Crippen molar-refractivity contribution in [3.63, 3.8) is 0 Å². The molecule has 0 radical (unpaired) electrons. The minimum Gasteiger partial charge on any atom is -0.355 e. The second-order valence-corrected chi connectivity index (χ2v) is 8.60. The minimum absolute atomic E-state index is 0.00581. The average molecular weight is 397 g/mol. The molecule has 0 aliphatic heterocycles. The predicted octanol–water partition coefficient (Wildman–Crippen LogP) is 3.20. The lowest BCUT2D eigenvalue weighted by atomic mass is 10.2. The molecule has 0 bridgehead atoms. The maximum absolute atomic E-state index is 12.0. The standard InChI is InChI=1S/C16H20N4O2S3/c1-3-8-17-13(21)9-23-15-19-20-16(25-15)24-10-14(22)18-12-6-4-11(2)5-7-12/h4-7H,3,8-10H2,1-2H3,(H,17,21)(H,18,22). The van der Waals surface area contributed by atoms with E-state index in [0.717, 1.165) is 26.4 Å². The van der Waals surface area contributed by atoms with E-state index in [9.17, 15) is 9.59 Å². The Balaban J connectivity index is 1.72. The van der Waals surface area contributed by atoms with Crippen LogP contribution in [0.15, 0.2) is 32.9 Å². The number of hydrogen-bond donors (Lipinski definition) is 2. The van der Waals surface area contributed by atoms with Gasteiger partial charge in [-0.2, -0.15) is 0 Å². The van der Waals surface area contributed by atoms with Crippen LogP contribution in [-0.4, -0.2) is 40.1 Å². The van der Waals surface area contributed by atoms with Crippen LogP contribution in [0.1, 0.15) is 18.9 Å². The van der Waals surface area contributed by atoms with Gasteiger partial charge in [-0.05, 0) is 25.5 Å². The number of aromatic nitrogens is 2. The molecule has 1 aromatic carbocycles. The van der Waals surface area contributed by atoms with Crippen LogP contribution in [0.25, 0.3) is 0 Å². The van der Waals surface area contributed by atoms with Crippen LogP contribution in [0.2, 0.25) is 0 Å². The summed E-state index contributed by atoms with van der Waals surface area (Å²) in [6, 6.07) is 7.66. The third-order valence-corrected chi connectivity index (χ3v) is 6.14. The first-order chi connectivity index (χ1) is 12.1.